The summed E-state index contributed by atoms with van der Waals surface area (Å²) in [5.41, 5.74) is 8.08. The van der Waals surface area contributed by atoms with Gasteiger partial charge in [-0.05, 0) is 36.2 Å². The van der Waals surface area contributed by atoms with Gasteiger partial charge in [0, 0.05) is 5.56 Å². The lowest BCUT2D eigenvalue weighted by Crippen LogP contribution is -2.13. The fraction of sp³-hybridized carbons (Fsp3) is 0.143. The van der Waals surface area contributed by atoms with Crippen LogP contribution >= 0.6 is 23.2 Å². The summed E-state index contributed by atoms with van der Waals surface area (Å²) in [6, 6.07) is 9.50. The maximum Gasteiger partial charge on any atom is 0.128 e. The largest absolute Gasteiger partial charge is 0.320 e. The summed E-state index contributed by atoms with van der Waals surface area (Å²) in [6.45, 7) is 1.83. The first-order chi connectivity index (χ1) is 8.49. The minimum Gasteiger partial charge on any atom is -0.320 e. The molecule has 0 saturated heterocycles. The van der Waals surface area contributed by atoms with E-state index in [4.69, 9.17) is 28.9 Å². The average molecular weight is 284 g/mol. The standard InChI is InChI=1S/C14H12Cl2FN/c1-8-2-4-10(13(17)6-8)14(18)9-3-5-11(15)12(16)7-9/h2-7,14H,18H2,1H3. The van der Waals surface area contributed by atoms with Crippen molar-refractivity contribution in [2.75, 3.05) is 0 Å². The van der Waals surface area contributed by atoms with Crippen LogP contribution in [0.2, 0.25) is 10.0 Å². The minimum atomic E-state index is -0.555. The Kier molecular flexibility index (Phi) is 3.91. The second kappa shape index (κ2) is 5.27. The molecule has 0 saturated carbocycles. The fourth-order valence-corrected chi connectivity index (χ4v) is 2.08. The van der Waals surface area contributed by atoms with Crippen LogP contribution in [0.15, 0.2) is 36.4 Å². The van der Waals surface area contributed by atoms with Crippen LogP contribution in [0.3, 0.4) is 0 Å². The van der Waals surface area contributed by atoms with E-state index in [1.807, 2.05) is 13.0 Å². The number of benzene rings is 2. The molecule has 0 radical (unpaired) electrons. The van der Waals surface area contributed by atoms with Crippen molar-refractivity contribution in [3.63, 3.8) is 0 Å². The molecular weight excluding hydrogens is 272 g/mol. The highest BCUT2D eigenvalue weighted by atomic mass is 35.5. The van der Waals surface area contributed by atoms with E-state index in [0.717, 1.165) is 11.1 Å². The summed E-state index contributed by atoms with van der Waals surface area (Å²) in [6.07, 6.45) is 0. The third kappa shape index (κ3) is 2.66. The molecule has 2 rings (SSSR count). The van der Waals surface area contributed by atoms with Crippen LogP contribution < -0.4 is 5.73 Å². The van der Waals surface area contributed by atoms with Crippen LogP contribution in [0.5, 0.6) is 0 Å². The smallest absolute Gasteiger partial charge is 0.128 e. The quantitative estimate of drug-likeness (QED) is 0.864. The highest BCUT2D eigenvalue weighted by Gasteiger charge is 2.14. The monoisotopic (exact) mass is 283 g/mol. The van der Waals surface area contributed by atoms with Gasteiger partial charge in [0.05, 0.1) is 16.1 Å². The zero-order valence-electron chi connectivity index (χ0n) is 9.75. The molecule has 0 amide bonds. The van der Waals surface area contributed by atoms with Crippen LogP contribution in [0.25, 0.3) is 0 Å². The molecule has 2 aromatic rings. The number of nitrogens with two attached hydrogens (primary N) is 1. The lowest BCUT2D eigenvalue weighted by atomic mass is 9.98. The van der Waals surface area contributed by atoms with E-state index in [-0.39, 0.29) is 5.82 Å². The van der Waals surface area contributed by atoms with E-state index < -0.39 is 6.04 Å². The third-order valence-corrected chi connectivity index (χ3v) is 3.53. The number of hydrogen-bond donors (Lipinski definition) is 1. The third-order valence-electron chi connectivity index (χ3n) is 2.79. The summed E-state index contributed by atoms with van der Waals surface area (Å²) >= 11 is 11.8. The summed E-state index contributed by atoms with van der Waals surface area (Å²) in [4.78, 5) is 0. The summed E-state index contributed by atoms with van der Waals surface area (Å²) in [5, 5.41) is 0.870. The fourth-order valence-electron chi connectivity index (χ4n) is 1.77. The Morgan fingerprint density at radius 1 is 1.06 bits per heavy atom. The van der Waals surface area contributed by atoms with Gasteiger partial charge in [-0.3, -0.25) is 0 Å². The van der Waals surface area contributed by atoms with Gasteiger partial charge in [-0.15, -0.1) is 0 Å². The van der Waals surface area contributed by atoms with Gasteiger partial charge < -0.3 is 5.73 Å². The van der Waals surface area contributed by atoms with Gasteiger partial charge in [-0.2, -0.15) is 0 Å². The zero-order valence-corrected chi connectivity index (χ0v) is 11.3. The Balaban J connectivity index is 2.41. The van der Waals surface area contributed by atoms with Gasteiger partial charge in [0.1, 0.15) is 5.82 Å². The maximum absolute atomic E-state index is 13.8. The van der Waals surface area contributed by atoms with Gasteiger partial charge >= 0.3 is 0 Å². The highest BCUT2D eigenvalue weighted by molar-refractivity contribution is 6.42. The molecule has 0 bridgehead atoms. The zero-order chi connectivity index (χ0) is 13.3. The second-order valence-corrected chi connectivity index (χ2v) is 4.99. The first-order valence-corrected chi connectivity index (χ1v) is 6.21. The number of rotatable bonds is 2. The predicted octanol–water partition coefficient (Wildman–Crippen LogP) is 4.49. The molecule has 4 heteroatoms. The molecule has 94 valence electrons. The Morgan fingerprint density at radius 2 is 1.78 bits per heavy atom. The van der Waals surface area contributed by atoms with Crippen molar-refractivity contribution in [3.05, 3.63) is 69.0 Å². The second-order valence-electron chi connectivity index (χ2n) is 4.18. The lowest BCUT2D eigenvalue weighted by Gasteiger charge is -2.14. The van der Waals surface area contributed by atoms with Crippen molar-refractivity contribution in [2.24, 2.45) is 5.73 Å². The topological polar surface area (TPSA) is 26.0 Å². The molecule has 0 aromatic heterocycles. The van der Waals surface area contributed by atoms with Crippen LogP contribution in [-0.4, -0.2) is 0 Å². The molecule has 0 heterocycles. The van der Waals surface area contributed by atoms with Crippen LogP contribution in [-0.2, 0) is 0 Å². The predicted molar refractivity (Wildman–Crippen MR) is 73.6 cm³/mol. The molecule has 0 spiro atoms. The Labute approximate surface area is 115 Å². The van der Waals surface area contributed by atoms with Gasteiger partial charge in [-0.1, -0.05) is 41.4 Å². The van der Waals surface area contributed by atoms with Crippen LogP contribution in [0, 0.1) is 12.7 Å². The number of hydrogen-bond acceptors (Lipinski definition) is 1. The van der Waals surface area contributed by atoms with Crippen molar-refractivity contribution >= 4 is 23.2 Å². The highest BCUT2D eigenvalue weighted by Crippen LogP contribution is 2.28. The first-order valence-electron chi connectivity index (χ1n) is 5.45. The average Bonchev–Trinajstić information content (AvgIpc) is 2.32. The molecule has 0 aliphatic carbocycles. The summed E-state index contributed by atoms with van der Waals surface area (Å²) in [7, 11) is 0. The first kappa shape index (κ1) is 13.3. The molecule has 18 heavy (non-hydrogen) atoms. The lowest BCUT2D eigenvalue weighted by molar-refractivity contribution is 0.598. The summed E-state index contributed by atoms with van der Waals surface area (Å²) < 4.78 is 13.8. The van der Waals surface area contributed by atoms with E-state index in [9.17, 15) is 4.39 Å². The van der Waals surface area contributed by atoms with E-state index >= 15 is 0 Å². The molecule has 0 fully saturated rings. The van der Waals surface area contributed by atoms with E-state index in [1.165, 1.54) is 6.07 Å². The molecule has 0 aliphatic rings. The maximum atomic E-state index is 13.8. The number of aryl methyl sites for hydroxylation is 1. The molecule has 2 N–H and O–H groups in total. The molecule has 1 atom stereocenters. The van der Waals surface area contributed by atoms with Crippen molar-refractivity contribution in [1.82, 2.24) is 0 Å². The molecule has 0 aliphatic heterocycles. The molecular formula is C14H12Cl2FN. The van der Waals surface area contributed by atoms with Gasteiger partial charge in [0.15, 0.2) is 0 Å². The van der Waals surface area contributed by atoms with Gasteiger partial charge in [0.2, 0.25) is 0 Å². The Hall–Kier alpha value is -1.09. The normalized spacial score (nSPS) is 12.5. The van der Waals surface area contributed by atoms with Crippen molar-refractivity contribution in [2.45, 2.75) is 13.0 Å². The van der Waals surface area contributed by atoms with E-state index in [0.29, 0.717) is 15.6 Å². The van der Waals surface area contributed by atoms with E-state index in [1.54, 1.807) is 24.3 Å². The van der Waals surface area contributed by atoms with E-state index in [2.05, 4.69) is 0 Å². The van der Waals surface area contributed by atoms with Crippen molar-refractivity contribution in [1.29, 1.82) is 0 Å². The Bertz CT molecular complexity index is 584. The molecule has 2 aromatic carbocycles. The van der Waals surface area contributed by atoms with Gasteiger partial charge in [0.25, 0.3) is 0 Å². The van der Waals surface area contributed by atoms with Crippen molar-refractivity contribution < 1.29 is 4.39 Å². The minimum absolute atomic E-state index is 0.312. The van der Waals surface area contributed by atoms with Gasteiger partial charge in [-0.25, -0.2) is 4.39 Å². The molecule has 1 unspecified atom stereocenters. The summed E-state index contributed by atoms with van der Waals surface area (Å²) in [5.74, 6) is -0.312. The van der Waals surface area contributed by atoms with Crippen LogP contribution in [0.4, 0.5) is 4.39 Å². The number of halogens is 3. The van der Waals surface area contributed by atoms with Crippen molar-refractivity contribution in [3.8, 4) is 0 Å². The van der Waals surface area contributed by atoms with Crippen LogP contribution in [0.1, 0.15) is 22.7 Å². The Morgan fingerprint density at radius 3 is 2.39 bits per heavy atom. The SMILES string of the molecule is Cc1ccc(C(N)c2ccc(Cl)c(Cl)c2)c(F)c1. The molecule has 1 nitrogen and oxygen atoms in total.